The Kier molecular flexibility index (Phi) is 7.51. The van der Waals surface area contributed by atoms with Crippen molar-refractivity contribution in [3.05, 3.63) is 156 Å². The molecule has 0 aliphatic heterocycles. The van der Waals surface area contributed by atoms with Crippen LogP contribution in [0.15, 0.2) is 96.6 Å². The van der Waals surface area contributed by atoms with E-state index >= 15 is 0 Å². The Labute approximate surface area is 271 Å². The topological polar surface area (TPSA) is 0 Å². The molecule has 0 radical (unpaired) electrons. The Morgan fingerprint density at radius 1 is 0.622 bits per heavy atom. The van der Waals surface area contributed by atoms with Crippen LogP contribution >= 0.6 is 0 Å². The summed E-state index contributed by atoms with van der Waals surface area (Å²) in [7, 11) is 0. The van der Waals surface area contributed by atoms with Crippen molar-refractivity contribution in [3.63, 3.8) is 0 Å². The minimum absolute atomic E-state index is 0.0815. The lowest BCUT2D eigenvalue weighted by atomic mass is 9.77. The van der Waals surface area contributed by atoms with Gasteiger partial charge in [0.2, 0.25) is 0 Å². The number of fused-ring (bicyclic) bond motifs is 2. The van der Waals surface area contributed by atoms with Crippen molar-refractivity contribution < 1.29 is 0 Å². The zero-order valence-corrected chi connectivity index (χ0v) is 29.3. The van der Waals surface area contributed by atoms with E-state index in [1.807, 2.05) is 0 Å². The van der Waals surface area contributed by atoms with E-state index in [2.05, 4.69) is 173 Å². The number of allylic oxidation sites excluding steroid dienone is 4. The summed E-state index contributed by atoms with van der Waals surface area (Å²) in [6, 6.07) is 29.9. The number of hydrogen-bond acceptors (Lipinski definition) is 0. The number of rotatable bonds is 3. The van der Waals surface area contributed by atoms with Crippen molar-refractivity contribution in [1.29, 1.82) is 0 Å². The highest BCUT2D eigenvalue weighted by atomic mass is 14.3. The van der Waals surface area contributed by atoms with Gasteiger partial charge in [-0.1, -0.05) is 160 Å². The smallest absolute Gasteiger partial charge is 0.000207 e. The van der Waals surface area contributed by atoms with Crippen LogP contribution in [0.2, 0.25) is 0 Å². The van der Waals surface area contributed by atoms with Crippen LogP contribution in [-0.4, -0.2) is 0 Å². The molecule has 2 aliphatic rings. The summed E-state index contributed by atoms with van der Waals surface area (Å²) in [6.45, 7) is 25.7. The second-order valence-corrected chi connectivity index (χ2v) is 16.4. The number of benzene rings is 4. The first-order valence-corrected chi connectivity index (χ1v) is 16.7. The first kappa shape index (κ1) is 31.1. The predicted octanol–water partition coefficient (Wildman–Crippen LogP) is 10.3. The van der Waals surface area contributed by atoms with Gasteiger partial charge >= 0.3 is 0 Å². The van der Waals surface area contributed by atoms with Gasteiger partial charge in [0.05, 0.1) is 0 Å². The van der Waals surface area contributed by atoms with Crippen LogP contribution in [0.25, 0.3) is 17.2 Å². The molecule has 0 bridgehead atoms. The molecular weight excluding hydrogens is 540 g/mol. The molecule has 0 nitrogen and oxygen atoms in total. The van der Waals surface area contributed by atoms with Crippen molar-refractivity contribution in [2.45, 2.75) is 87.0 Å². The molecule has 0 fully saturated rings. The van der Waals surface area contributed by atoms with E-state index in [0.717, 1.165) is 0 Å². The van der Waals surface area contributed by atoms with Crippen molar-refractivity contribution in [2.75, 3.05) is 0 Å². The normalized spacial score (nSPS) is 16.9. The monoisotopic (exact) mass is 590 g/mol. The first-order valence-electron chi connectivity index (χ1n) is 16.7. The predicted molar refractivity (Wildman–Crippen MR) is 195 cm³/mol. The Bertz CT molecular complexity index is 2080. The molecule has 6 rings (SSSR count). The van der Waals surface area contributed by atoms with Crippen LogP contribution in [0.5, 0.6) is 0 Å². The average molecular weight is 591 g/mol. The highest BCUT2D eigenvalue weighted by molar-refractivity contribution is 5.89. The largest absolute Gasteiger partial charge is 0.0735 e. The van der Waals surface area contributed by atoms with Gasteiger partial charge in [-0.15, -0.1) is 0 Å². The van der Waals surface area contributed by atoms with Gasteiger partial charge in [0.1, 0.15) is 0 Å². The fraction of sp³-hybridized carbons (Fsp3) is 0.333. The molecule has 4 aromatic carbocycles. The van der Waals surface area contributed by atoms with Crippen molar-refractivity contribution in [1.82, 2.24) is 0 Å². The van der Waals surface area contributed by atoms with Crippen molar-refractivity contribution in [2.24, 2.45) is 11.3 Å². The second kappa shape index (κ2) is 10.9. The van der Waals surface area contributed by atoms with Gasteiger partial charge in [-0.2, -0.15) is 0 Å². The molecule has 1 unspecified atom stereocenters. The van der Waals surface area contributed by atoms with Crippen molar-refractivity contribution >= 4 is 17.2 Å². The molecule has 45 heavy (non-hydrogen) atoms. The molecule has 0 aromatic heterocycles. The van der Waals surface area contributed by atoms with Crippen LogP contribution in [0, 0.1) is 28.7 Å². The minimum atomic E-state index is -0.0864. The van der Waals surface area contributed by atoms with Gasteiger partial charge in [0, 0.05) is 5.92 Å². The molecule has 4 aromatic rings. The molecule has 1 atom stereocenters. The highest BCUT2D eigenvalue weighted by Crippen LogP contribution is 2.42. The zero-order valence-electron chi connectivity index (χ0n) is 29.3. The van der Waals surface area contributed by atoms with Gasteiger partial charge < -0.3 is 0 Å². The highest BCUT2D eigenvalue weighted by Gasteiger charge is 2.30. The van der Waals surface area contributed by atoms with Gasteiger partial charge in [-0.05, 0) is 106 Å². The van der Waals surface area contributed by atoms with E-state index in [-0.39, 0.29) is 16.2 Å². The summed E-state index contributed by atoms with van der Waals surface area (Å²) in [6.07, 6.45) is 7.50. The van der Waals surface area contributed by atoms with Crippen molar-refractivity contribution in [3.8, 4) is 0 Å². The molecule has 2 aliphatic carbocycles. The van der Waals surface area contributed by atoms with E-state index in [1.54, 1.807) is 0 Å². The summed E-state index contributed by atoms with van der Waals surface area (Å²) in [5, 5.41) is 5.43. The molecule has 0 saturated heterocycles. The Morgan fingerprint density at radius 3 is 1.84 bits per heavy atom. The Hall–Kier alpha value is -3.90. The molecular formula is C45H50. The minimum Gasteiger partial charge on any atom is -0.0735 e. The zero-order chi connectivity index (χ0) is 32.5. The van der Waals surface area contributed by atoms with E-state index in [9.17, 15) is 0 Å². The molecule has 0 spiro atoms. The third-order valence-corrected chi connectivity index (χ3v) is 9.72. The maximum Gasteiger partial charge on any atom is 0.000207 e. The van der Waals surface area contributed by atoms with E-state index in [1.165, 1.54) is 76.5 Å². The van der Waals surface area contributed by atoms with Crippen LogP contribution in [0.4, 0.5) is 0 Å². The van der Waals surface area contributed by atoms with Gasteiger partial charge in [-0.25, -0.2) is 0 Å². The van der Waals surface area contributed by atoms with Crippen LogP contribution in [-0.2, 0) is 10.8 Å². The number of hydrogen-bond donors (Lipinski definition) is 0. The summed E-state index contributed by atoms with van der Waals surface area (Å²) >= 11 is 0. The third kappa shape index (κ3) is 5.69. The molecule has 0 saturated carbocycles. The standard InChI is InChI=1S/C45H50/c1-28-17-19-31(20-18-28)40(30-15-13-12-14-16-30)42-39(45(9,10)11)27-37-36-25-33(43(3,4)5)22-21-32(36)24-38(37)41(42)35-26-34(23-29(35)2)44(6,7)8/h12-27,29H,1-11H3. The summed E-state index contributed by atoms with van der Waals surface area (Å²) in [5.74, 6) is 0.314. The lowest BCUT2D eigenvalue weighted by molar-refractivity contribution is 0.516. The Morgan fingerprint density at radius 2 is 1.27 bits per heavy atom. The summed E-state index contributed by atoms with van der Waals surface area (Å²) in [4.78, 5) is 0. The van der Waals surface area contributed by atoms with Gasteiger partial charge in [-0.3, -0.25) is 0 Å². The van der Waals surface area contributed by atoms with Gasteiger partial charge in [0.15, 0.2) is 0 Å². The molecule has 0 N–H and O–H groups in total. The van der Waals surface area contributed by atoms with Crippen LogP contribution in [0.3, 0.4) is 0 Å². The Balaban J connectivity index is 1.91. The average Bonchev–Trinajstić information content (AvgIpc) is 3.53. The third-order valence-electron chi connectivity index (χ3n) is 9.72. The lowest BCUT2D eigenvalue weighted by Crippen LogP contribution is -2.29. The summed E-state index contributed by atoms with van der Waals surface area (Å²) < 4.78 is 0. The van der Waals surface area contributed by atoms with E-state index in [4.69, 9.17) is 0 Å². The lowest BCUT2D eigenvalue weighted by Gasteiger charge is -2.27. The maximum atomic E-state index is 2.54. The fourth-order valence-corrected chi connectivity index (χ4v) is 7.01. The maximum absolute atomic E-state index is 2.54. The molecule has 230 valence electrons. The quantitative estimate of drug-likeness (QED) is 0.196. The number of aryl methyl sites for hydroxylation is 1. The van der Waals surface area contributed by atoms with Crippen LogP contribution in [0.1, 0.15) is 108 Å². The SMILES string of the molecule is Cc1ccc(C(c2ccccc2)=c2c(C(C)(C)C)cc3c(c2C2=CC(C(C)(C)C)=CC2C)C=c2ccc(C(C)(C)C)cc2=3)cc1. The van der Waals surface area contributed by atoms with E-state index < -0.39 is 0 Å². The van der Waals surface area contributed by atoms with E-state index in [0.29, 0.717) is 5.92 Å². The fourth-order valence-electron chi connectivity index (χ4n) is 7.01. The summed E-state index contributed by atoms with van der Waals surface area (Å²) in [5.41, 5.74) is 13.6. The van der Waals surface area contributed by atoms with Gasteiger partial charge in [0.25, 0.3) is 0 Å². The first-order chi connectivity index (χ1) is 21.0. The second-order valence-electron chi connectivity index (χ2n) is 16.4. The molecule has 0 heterocycles. The van der Waals surface area contributed by atoms with Crippen LogP contribution < -0.4 is 10.4 Å². The molecule has 0 heteroatoms. The molecule has 0 amide bonds.